The van der Waals surface area contributed by atoms with Crippen LogP contribution in [0.2, 0.25) is 0 Å². The Hall–Kier alpha value is -0.900. The highest BCUT2D eigenvalue weighted by Gasteiger charge is 2.29. The number of aryl methyl sites for hydroxylation is 1. The van der Waals surface area contributed by atoms with E-state index in [0.717, 1.165) is 48.6 Å². The fourth-order valence-corrected chi connectivity index (χ4v) is 4.05. The zero-order valence-electron chi connectivity index (χ0n) is 11.1. The van der Waals surface area contributed by atoms with Crippen LogP contribution in [0.1, 0.15) is 48.5 Å². The number of thiazole rings is 1. The van der Waals surface area contributed by atoms with Gasteiger partial charge in [-0.05, 0) is 31.1 Å². The number of Topliss-reactive ketones (excluding diaryl/α,β-unsaturated/α-hetero) is 1. The average molecular weight is 264 g/mol. The van der Waals surface area contributed by atoms with Gasteiger partial charge in [0.15, 0.2) is 10.9 Å². The van der Waals surface area contributed by atoms with Crippen LogP contribution in [-0.2, 0) is 6.42 Å². The summed E-state index contributed by atoms with van der Waals surface area (Å²) in [5.41, 5.74) is 0.772. The molecule has 0 N–H and O–H groups in total. The van der Waals surface area contributed by atoms with E-state index in [1.807, 2.05) is 0 Å². The largest absolute Gasteiger partial charge is 0.348 e. The topological polar surface area (TPSA) is 33.2 Å². The average Bonchev–Trinajstić information content (AvgIpc) is 2.95. The van der Waals surface area contributed by atoms with Gasteiger partial charge >= 0.3 is 0 Å². The Morgan fingerprint density at radius 2 is 2.22 bits per heavy atom. The molecule has 4 heteroatoms. The lowest BCUT2D eigenvalue weighted by Gasteiger charge is -2.16. The van der Waals surface area contributed by atoms with Gasteiger partial charge in [-0.15, -0.1) is 11.3 Å². The van der Waals surface area contributed by atoms with Crippen molar-refractivity contribution in [1.82, 2.24) is 4.98 Å². The van der Waals surface area contributed by atoms with E-state index in [1.165, 1.54) is 11.3 Å². The minimum Gasteiger partial charge on any atom is -0.348 e. The zero-order valence-corrected chi connectivity index (χ0v) is 11.9. The highest BCUT2D eigenvalue weighted by molar-refractivity contribution is 7.16. The van der Waals surface area contributed by atoms with Crippen molar-refractivity contribution >= 4 is 22.3 Å². The van der Waals surface area contributed by atoms with Gasteiger partial charge in [0.25, 0.3) is 0 Å². The first-order chi connectivity index (χ1) is 8.65. The smallest absolute Gasteiger partial charge is 0.186 e. The van der Waals surface area contributed by atoms with Gasteiger partial charge in [0.2, 0.25) is 0 Å². The van der Waals surface area contributed by atoms with Gasteiger partial charge in [0.1, 0.15) is 5.69 Å². The van der Waals surface area contributed by atoms with Gasteiger partial charge in [0, 0.05) is 24.4 Å². The van der Waals surface area contributed by atoms with Crippen molar-refractivity contribution < 1.29 is 4.79 Å². The summed E-state index contributed by atoms with van der Waals surface area (Å²) in [5, 5.41) is 1.08. The number of nitrogens with zero attached hydrogens (tertiary/aromatic N) is 2. The molecule has 1 aliphatic heterocycles. The monoisotopic (exact) mass is 264 g/mol. The highest BCUT2D eigenvalue weighted by Crippen LogP contribution is 2.35. The summed E-state index contributed by atoms with van der Waals surface area (Å²) >= 11 is 1.74. The Labute approximate surface area is 112 Å². The maximum absolute atomic E-state index is 11.8. The normalized spacial score (nSPS) is 23.8. The van der Waals surface area contributed by atoms with Crippen LogP contribution in [0.3, 0.4) is 0 Å². The minimum absolute atomic E-state index is 0.248. The number of carbonyl (C=O) groups excluding carboxylic acids is 1. The Bertz CT molecular complexity index is 466. The second kappa shape index (κ2) is 4.65. The quantitative estimate of drug-likeness (QED) is 0.822. The minimum atomic E-state index is 0.248. The summed E-state index contributed by atoms with van der Waals surface area (Å²) in [6, 6.07) is 0. The van der Waals surface area contributed by atoms with E-state index in [2.05, 4.69) is 23.7 Å². The maximum atomic E-state index is 11.8. The molecule has 1 fully saturated rings. The van der Waals surface area contributed by atoms with Crippen molar-refractivity contribution in [3.63, 3.8) is 0 Å². The van der Waals surface area contributed by atoms with E-state index in [-0.39, 0.29) is 5.78 Å². The zero-order chi connectivity index (χ0) is 12.7. The van der Waals surface area contributed by atoms with E-state index in [0.29, 0.717) is 6.42 Å². The second-order valence-electron chi connectivity index (χ2n) is 5.78. The van der Waals surface area contributed by atoms with Gasteiger partial charge in [-0.2, -0.15) is 0 Å². The number of anilines is 1. The molecule has 1 aromatic heterocycles. The summed E-state index contributed by atoms with van der Waals surface area (Å²) in [5.74, 6) is 1.77. The lowest BCUT2D eigenvalue weighted by Crippen LogP contribution is -2.21. The predicted molar refractivity (Wildman–Crippen MR) is 74.5 cm³/mol. The molecule has 3 nitrogen and oxygen atoms in total. The SMILES string of the molecule is CC(C)C1CCN(c2nc3c(s2)CCCC3=O)C1. The fourth-order valence-electron chi connectivity index (χ4n) is 2.89. The summed E-state index contributed by atoms with van der Waals surface area (Å²) in [7, 11) is 0. The van der Waals surface area contributed by atoms with Crippen molar-refractivity contribution in [3.8, 4) is 0 Å². The van der Waals surface area contributed by atoms with E-state index >= 15 is 0 Å². The molecule has 0 aromatic carbocycles. The first-order valence-electron chi connectivity index (χ1n) is 6.93. The van der Waals surface area contributed by atoms with Gasteiger partial charge in [0.05, 0.1) is 0 Å². The van der Waals surface area contributed by atoms with E-state index in [4.69, 9.17) is 0 Å². The van der Waals surface area contributed by atoms with Gasteiger partial charge < -0.3 is 4.90 Å². The van der Waals surface area contributed by atoms with Crippen LogP contribution >= 0.6 is 11.3 Å². The number of aromatic nitrogens is 1. The number of hydrogen-bond donors (Lipinski definition) is 0. The van der Waals surface area contributed by atoms with E-state index < -0.39 is 0 Å². The third-order valence-corrected chi connectivity index (χ3v) is 5.37. The van der Waals surface area contributed by atoms with Crippen LogP contribution in [0.5, 0.6) is 0 Å². The van der Waals surface area contributed by atoms with Gasteiger partial charge in [-0.25, -0.2) is 4.98 Å². The molecule has 2 heterocycles. The number of carbonyl (C=O) groups is 1. The Morgan fingerprint density at radius 3 is 2.89 bits per heavy atom. The molecule has 1 unspecified atom stereocenters. The molecule has 1 atom stereocenters. The molecule has 0 amide bonds. The molecule has 2 aliphatic rings. The Kier molecular flexibility index (Phi) is 3.14. The molecule has 98 valence electrons. The molecule has 0 spiro atoms. The predicted octanol–water partition coefficient (Wildman–Crippen LogP) is 3.14. The Morgan fingerprint density at radius 1 is 1.39 bits per heavy atom. The number of fused-ring (bicyclic) bond motifs is 1. The molecule has 0 radical (unpaired) electrons. The molecular formula is C14H20N2OS. The number of rotatable bonds is 2. The maximum Gasteiger partial charge on any atom is 0.186 e. The van der Waals surface area contributed by atoms with Crippen LogP contribution in [0.4, 0.5) is 5.13 Å². The third kappa shape index (κ3) is 2.07. The first kappa shape index (κ1) is 12.2. The standard InChI is InChI=1S/C14H20N2OS/c1-9(2)10-6-7-16(8-10)14-15-13-11(17)4-3-5-12(13)18-14/h9-10H,3-8H2,1-2H3. The summed E-state index contributed by atoms with van der Waals surface area (Å²) < 4.78 is 0. The highest BCUT2D eigenvalue weighted by atomic mass is 32.1. The van der Waals surface area contributed by atoms with Crippen LogP contribution in [0.25, 0.3) is 0 Å². The molecule has 1 saturated heterocycles. The van der Waals surface area contributed by atoms with Gasteiger partial charge in [-0.1, -0.05) is 13.8 Å². The van der Waals surface area contributed by atoms with E-state index in [1.54, 1.807) is 11.3 Å². The van der Waals surface area contributed by atoms with Crippen molar-refractivity contribution in [1.29, 1.82) is 0 Å². The van der Waals surface area contributed by atoms with Crippen molar-refractivity contribution in [2.45, 2.75) is 39.5 Å². The molecule has 1 aromatic rings. The lowest BCUT2D eigenvalue weighted by molar-refractivity contribution is 0.0968. The van der Waals surface area contributed by atoms with Crippen LogP contribution in [0.15, 0.2) is 0 Å². The molecule has 3 rings (SSSR count). The molecule has 0 bridgehead atoms. The van der Waals surface area contributed by atoms with Gasteiger partial charge in [-0.3, -0.25) is 4.79 Å². The lowest BCUT2D eigenvalue weighted by atomic mass is 9.95. The van der Waals surface area contributed by atoms with Crippen LogP contribution in [0, 0.1) is 11.8 Å². The second-order valence-corrected chi connectivity index (χ2v) is 6.85. The van der Waals surface area contributed by atoms with Crippen molar-refractivity contribution in [2.75, 3.05) is 18.0 Å². The molecule has 18 heavy (non-hydrogen) atoms. The fraction of sp³-hybridized carbons (Fsp3) is 0.714. The summed E-state index contributed by atoms with van der Waals surface area (Å²) in [6.45, 7) is 6.80. The van der Waals surface area contributed by atoms with Crippen molar-refractivity contribution in [3.05, 3.63) is 10.6 Å². The first-order valence-corrected chi connectivity index (χ1v) is 7.74. The van der Waals surface area contributed by atoms with E-state index in [9.17, 15) is 4.79 Å². The van der Waals surface area contributed by atoms with Crippen LogP contribution in [-0.4, -0.2) is 23.9 Å². The Balaban J connectivity index is 1.80. The van der Waals surface area contributed by atoms with Crippen LogP contribution < -0.4 is 4.90 Å². The number of ketones is 1. The summed E-state index contributed by atoms with van der Waals surface area (Å²) in [6.07, 6.45) is 3.99. The van der Waals surface area contributed by atoms with Crippen molar-refractivity contribution in [2.24, 2.45) is 11.8 Å². The summed E-state index contributed by atoms with van der Waals surface area (Å²) in [4.78, 5) is 20.0. The number of hydrogen-bond acceptors (Lipinski definition) is 4. The molecular weight excluding hydrogens is 244 g/mol. The molecule has 1 aliphatic carbocycles. The molecule has 0 saturated carbocycles. The third-order valence-electron chi connectivity index (χ3n) is 4.20.